The Labute approximate surface area is 153 Å². The zero-order valence-corrected chi connectivity index (χ0v) is 15.4. The van der Waals surface area contributed by atoms with E-state index in [1.54, 1.807) is 31.2 Å². The average molecular weight is 380 g/mol. The standard InChI is InChI=1S/C18H18F2N2O3S/c1-10(16(19)20)8-9-25-18(24)15-11(2)21-17(26-15)13-4-6-14(7-5-13)22-12(3)23/h4-7H,8-9H2,1-3H3,(H,22,23). The number of thiazole rings is 1. The zero-order valence-electron chi connectivity index (χ0n) is 14.6. The minimum atomic E-state index is -1.75. The Bertz CT molecular complexity index is 841. The number of benzene rings is 1. The van der Waals surface area contributed by atoms with Crippen LogP contribution in [-0.4, -0.2) is 23.5 Å². The van der Waals surface area contributed by atoms with Crippen LogP contribution in [0.15, 0.2) is 35.9 Å². The topological polar surface area (TPSA) is 68.3 Å². The van der Waals surface area contributed by atoms with E-state index in [0.29, 0.717) is 21.3 Å². The number of hydrogen-bond acceptors (Lipinski definition) is 5. The number of carbonyl (C=O) groups is 2. The van der Waals surface area contributed by atoms with Gasteiger partial charge in [0.05, 0.1) is 12.3 Å². The van der Waals surface area contributed by atoms with Crippen molar-refractivity contribution in [3.05, 3.63) is 46.5 Å². The van der Waals surface area contributed by atoms with Crippen LogP contribution in [0.3, 0.4) is 0 Å². The van der Waals surface area contributed by atoms with E-state index in [4.69, 9.17) is 4.74 Å². The summed E-state index contributed by atoms with van der Waals surface area (Å²) in [7, 11) is 0. The molecule has 26 heavy (non-hydrogen) atoms. The quantitative estimate of drug-likeness (QED) is 0.732. The van der Waals surface area contributed by atoms with Crippen LogP contribution in [0.25, 0.3) is 10.6 Å². The van der Waals surface area contributed by atoms with Gasteiger partial charge in [-0.2, -0.15) is 8.78 Å². The molecular formula is C18H18F2N2O3S. The Morgan fingerprint density at radius 2 is 1.85 bits per heavy atom. The Kier molecular flexibility index (Phi) is 6.57. The Morgan fingerprint density at radius 1 is 1.19 bits per heavy atom. The number of hydrogen-bond donors (Lipinski definition) is 1. The van der Waals surface area contributed by atoms with Crippen molar-refractivity contribution in [1.82, 2.24) is 4.98 Å². The average Bonchev–Trinajstić information content (AvgIpc) is 2.96. The number of rotatable bonds is 6. The molecule has 0 radical (unpaired) electrons. The van der Waals surface area contributed by atoms with Gasteiger partial charge in [0, 0.05) is 24.6 Å². The predicted octanol–water partition coefficient (Wildman–Crippen LogP) is 4.79. The van der Waals surface area contributed by atoms with Crippen LogP contribution in [-0.2, 0) is 9.53 Å². The minimum Gasteiger partial charge on any atom is -0.461 e. The third-order valence-corrected chi connectivity index (χ3v) is 4.65. The molecule has 5 nitrogen and oxygen atoms in total. The van der Waals surface area contributed by atoms with E-state index < -0.39 is 12.0 Å². The number of halogens is 2. The van der Waals surface area contributed by atoms with Crippen LogP contribution in [0.2, 0.25) is 0 Å². The van der Waals surface area contributed by atoms with E-state index in [0.717, 1.165) is 5.56 Å². The van der Waals surface area contributed by atoms with E-state index in [-0.39, 0.29) is 24.5 Å². The molecule has 1 aromatic heterocycles. The second-order valence-electron chi connectivity index (χ2n) is 5.62. The van der Waals surface area contributed by atoms with Crippen LogP contribution in [0.4, 0.5) is 14.5 Å². The molecule has 1 N–H and O–H groups in total. The highest BCUT2D eigenvalue weighted by molar-refractivity contribution is 7.17. The summed E-state index contributed by atoms with van der Waals surface area (Å²) in [6.45, 7) is 4.30. The molecule has 0 aliphatic carbocycles. The van der Waals surface area contributed by atoms with E-state index >= 15 is 0 Å². The van der Waals surface area contributed by atoms with Crippen molar-refractivity contribution in [2.45, 2.75) is 27.2 Å². The van der Waals surface area contributed by atoms with Crippen LogP contribution in [0.5, 0.6) is 0 Å². The molecule has 0 aliphatic rings. The number of ether oxygens (including phenoxy) is 1. The zero-order chi connectivity index (χ0) is 19.3. The van der Waals surface area contributed by atoms with Crippen LogP contribution in [0, 0.1) is 6.92 Å². The number of carbonyl (C=O) groups excluding carboxylic acids is 2. The van der Waals surface area contributed by atoms with Gasteiger partial charge in [-0.15, -0.1) is 11.3 Å². The lowest BCUT2D eigenvalue weighted by Crippen LogP contribution is -2.06. The molecule has 2 rings (SSSR count). The second-order valence-corrected chi connectivity index (χ2v) is 6.62. The number of nitrogens with zero attached hydrogens (tertiary/aromatic N) is 1. The molecule has 8 heteroatoms. The van der Waals surface area contributed by atoms with Crippen molar-refractivity contribution in [1.29, 1.82) is 0 Å². The molecule has 0 saturated heterocycles. The van der Waals surface area contributed by atoms with Gasteiger partial charge in [0.15, 0.2) is 0 Å². The van der Waals surface area contributed by atoms with Crippen molar-refractivity contribution >= 4 is 28.9 Å². The van der Waals surface area contributed by atoms with E-state index in [9.17, 15) is 18.4 Å². The van der Waals surface area contributed by atoms with Gasteiger partial charge in [0.25, 0.3) is 6.08 Å². The van der Waals surface area contributed by atoms with Gasteiger partial charge in [-0.1, -0.05) is 0 Å². The largest absolute Gasteiger partial charge is 0.461 e. The second kappa shape index (κ2) is 8.66. The smallest absolute Gasteiger partial charge is 0.350 e. The van der Waals surface area contributed by atoms with Crippen molar-refractivity contribution in [3.8, 4) is 10.6 Å². The number of esters is 1. The summed E-state index contributed by atoms with van der Waals surface area (Å²) in [5.74, 6) is -0.737. The van der Waals surface area contributed by atoms with Gasteiger partial charge in [-0.25, -0.2) is 9.78 Å². The van der Waals surface area contributed by atoms with Crippen molar-refractivity contribution in [2.24, 2.45) is 0 Å². The van der Waals surface area contributed by atoms with Gasteiger partial charge < -0.3 is 10.1 Å². The fourth-order valence-electron chi connectivity index (χ4n) is 2.07. The van der Waals surface area contributed by atoms with Gasteiger partial charge in [0.1, 0.15) is 9.88 Å². The van der Waals surface area contributed by atoms with Gasteiger partial charge in [0.2, 0.25) is 5.91 Å². The lowest BCUT2D eigenvalue weighted by atomic mass is 10.2. The van der Waals surface area contributed by atoms with E-state index in [2.05, 4.69) is 10.3 Å². The maximum Gasteiger partial charge on any atom is 0.350 e. The molecule has 0 fully saturated rings. The fraction of sp³-hybridized carbons (Fsp3) is 0.278. The molecule has 0 spiro atoms. The molecular weight excluding hydrogens is 362 g/mol. The molecule has 0 unspecified atom stereocenters. The van der Waals surface area contributed by atoms with Crippen LogP contribution < -0.4 is 5.32 Å². The molecule has 0 aliphatic heterocycles. The third kappa shape index (κ3) is 5.19. The lowest BCUT2D eigenvalue weighted by Gasteiger charge is -2.03. The SMILES string of the molecule is CC(=O)Nc1ccc(-c2nc(C)c(C(=O)OCCC(C)=C(F)F)s2)cc1. The molecule has 2 aromatic rings. The fourth-order valence-corrected chi connectivity index (χ4v) is 3.03. The third-order valence-electron chi connectivity index (χ3n) is 3.47. The number of anilines is 1. The molecule has 1 amide bonds. The summed E-state index contributed by atoms with van der Waals surface area (Å²) in [4.78, 5) is 27.9. The first kappa shape index (κ1) is 19.7. The number of aryl methyl sites for hydroxylation is 1. The number of amides is 1. The first-order valence-electron chi connectivity index (χ1n) is 7.81. The summed E-state index contributed by atoms with van der Waals surface area (Å²) in [5.41, 5.74) is 1.88. The summed E-state index contributed by atoms with van der Waals surface area (Å²) in [5, 5.41) is 3.31. The van der Waals surface area contributed by atoms with Gasteiger partial charge in [-0.3, -0.25) is 4.79 Å². The molecule has 0 saturated carbocycles. The molecule has 0 bridgehead atoms. The summed E-state index contributed by atoms with van der Waals surface area (Å²) in [6.07, 6.45) is -1.76. The Morgan fingerprint density at radius 3 is 2.42 bits per heavy atom. The van der Waals surface area contributed by atoms with Crippen LogP contribution >= 0.6 is 11.3 Å². The van der Waals surface area contributed by atoms with Crippen molar-refractivity contribution in [2.75, 3.05) is 11.9 Å². The molecule has 1 heterocycles. The highest BCUT2D eigenvalue weighted by atomic mass is 32.1. The molecule has 138 valence electrons. The first-order valence-corrected chi connectivity index (χ1v) is 8.63. The normalized spacial score (nSPS) is 10.3. The summed E-state index contributed by atoms with van der Waals surface area (Å²) >= 11 is 1.17. The molecule has 0 atom stereocenters. The number of aromatic nitrogens is 1. The monoisotopic (exact) mass is 380 g/mol. The van der Waals surface area contributed by atoms with Gasteiger partial charge >= 0.3 is 5.97 Å². The van der Waals surface area contributed by atoms with Crippen molar-refractivity contribution < 1.29 is 23.1 Å². The Hall–Kier alpha value is -2.61. The van der Waals surface area contributed by atoms with Gasteiger partial charge in [-0.05, 0) is 43.7 Å². The van der Waals surface area contributed by atoms with E-state index in [1.807, 2.05) is 0 Å². The van der Waals surface area contributed by atoms with Crippen molar-refractivity contribution in [3.63, 3.8) is 0 Å². The predicted molar refractivity (Wildman–Crippen MR) is 96.4 cm³/mol. The van der Waals surface area contributed by atoms with Crippen LogP contribution in [0.1, 0.15) is 35.6 Å². The maximum atomic E-state index is 12.3. The summed E-state index contributed by atoms with van der Waals surface area (Å²) in [6, 6.07) is 7.06. The maximum absolute atomic E-state index is 12.3. The highest BCUT2D eigenvalue weighted by Gasteiger charge is 2.18. The summed E-state index contributed by atoms with van der Waals surface area (Å²) < 4.78 is 29.7. The molecule has 1 aromatic carbocycles. The minimum absolute atomic E-state index is 0.0105. The Balaban J connectivity index is 2.07. The number of nitrogens with one attached hydrogen (secondary N) is 1. The lowest BCUT2D eigenvalue weighted by molar-refractivity contribution is -0.114. The highest BCUT2D eigenvalue weighted by Crippen LogP contribution is 2.29. The first-order chi connectivity index (χ1) is 12.3. The van der Waals surface area contributed by atoms with E-state index in [1.165, 1.54) is 25.2 Å².